The van der Waals surface area contributed by atoms with Crippen molar-refractivity contribution in [3.63, 3.8) is 0 Å². The van der Waals surface area contributed by atoms with Gasteiger partial charge in [0.1, 0.15) is 0 Å². The highest BCUT2D eigenvalue weighted by Crippen LogP contribution is 2.27. The van der Waals surface area contributed by atoms with Gasteiger partial charge in [0, 0.05) is 13.1 Å². The largest absolute Gasteiger partial charge is 0.493 e. The fraction of sp³-hybridized carbons (Fsp3) is 0.500. The molecule has 0 aliphatic rings. The molecule has 1 rings (SSSR count). The highest BCUT2D eigenvalue weighted by molar-refractivity contribution is 5.73. The molecule has 2 N–H and O–H groups in total. The van der Waals surface area contributed by atoms with Crippen LogP contribution in [0.4, 0.5) is 4.79 Å². The van der Waals surface area contributed by atoms with Crippen LogP contribution in [0, 0.1) is 0 Å². The van der Waals surface area contributed by atoms with Crippen molar-refractivity contribution in [3.8, 4) is 11.5 Å². The van der Waals surface area contributed by atoms with Crippen molar-refractivity contribution in [1.82, 2.24) is 10.6 Å². The molecule has 0 unspecified atom stereocenters. The van der Waals surface area contributed by atoms with E-state index in [0.29, 0.717) is 24.6 Å². The second-order valence-corrected chi connectivity index (χ2v) is 4.12. The number of methoxy groups -OCH3 is 2. The summed E-state index contributed by atoms with van der Waals surface area (Å²) in [6, 6.07) is 5.63. The van der Waals surface area contributed by atoms with Crippen molar-refractivity contribution in [2.24, 2.45) is 0 Å². The van der Waals surface area contributed by atoms with Crippen LogP contribution >= 0.6 is 0 Å². The lowest BCUT2D eigenvalue weighted by molar-refractivity contribution is 0.241. The van der Waals surface area contributed by atoms with Gasteiger partial charge in [-0.1, -0.05) is 13.0 Å². The van der Waals surface area contributed by atoms with E-state index in [2.05, 4.69) is 10.6 Å². The standard InChI is InChI=1S/C14H22N2O3/c1-4-8-15-14(17)16-9-7-11-5-6-12(18-2)13(10-11)19-3/h5-6,10H,4,7-9H2,1-3H3,(H2,15,16,17). The molecule has 0 atom stereocenters. The number of ether oxygens (including phenoxy) is 2. The van der Waals surface area contributed by atoms with Crippen LogP contribution in [-0.4, -0.2) is 33.3 Å². The SMILES string of the molecule is CCCNC(=O)NCCc1ccc(OC)c(OC)c1. The zero-order valence-corrected chi connectivity index (χ0v) is 11.8. The van der Waals surface area contributed by atoms with E-state index in [0.717, 1.165) is 18.4 Å². The van der Waals surface area contributed by atoms with Crippen molar-refractivity contribution in [1.29, 1.82) is 0 Å². The number of hydrogen-bond acceptors (Lipinski definition) is 3. The Balaban J connectivity index is 2.43. The first-order chi connectivity index (χ1) is 9.21. The van der Waals surface area contributed by atoms with Gasteiger partial charge >= 0.3 is 6.03 Å². The van der Waals surface area contributed by atoms with Crippen molar-refractivity contribution < 1.29 is 14.3 Å². The van der Waals surface area contributed by atoms with Gasteiger partial charge in [0.25, 0.3) is 0 Å². The molecule has 2 amide bonds. The van der Waals surface area contributed by atoms with Crippen molar-refractivity contribution in [3.05, 3.63) is 23.8 Å². The number of rotatable bonds is 7. The summed E-state index contributed by atoms with van der Waals surface area (Å²) in [5.74, 6) is 1.41. The number of hydrogen-bond donors (Lipinski definition) is 2. The lowest BCUT2D eigenvalue weighted by Crippen LogP contribution is -2.36. The first-order valence-electron chi connectivity index (χ1n) is 6.43. The van der Waals surface area contributed by atoms with Gasteiger partial charge < -0.3 is 20.1 Å². The third-order valence-corrected chi connectivity index (χ3v) is 2.68. The summed E-state index contributed by atoms with van der Waals surface area (Å²) in [4.78, 5) is 11.3. The van der Waals surface area contributed by atoms with E-state index in [1.165, 1.54) is 0 Å². The van der Waals surface area contributed by atoms with E-state index in [-0.39, 0.29) is 6.03 Å². The third kappa shape index (κ3) is 5.07. The summed E-state index contributed by atoms with van der Waals surface area (Å²) in [6.45, 7) is 3.30. The van der Waals surface area contributed by atoms with Crippen molar-refractivity contribution >= 4 is 6.03 Å². The Labute approximate surface area is 114 Å². The van der Waals surface area contributed by atoms with E-state index in [4.69, 9.17) is 9.47 Å². The molecule has 5 heteroatoms. The molecule has 0 radical (unpaired) electrons. The Morgan fingerprint density at radius 3 is 2.42 bits per heavy atom. The first kappa shape index (κ1) is 15.1. The summed E-state index contributed by atoms with van der Waals surface area (Å²) in [7, 11) is 3.22. The Morgan fingerprint density at radius 1 is 1.11 bits per heavy atom. The summed E-state index contributed by atoms with van der Waals surface area (Å²) in [5, 5.41) is 5.57. The zero-order valence-electron chi connectivity index (χ0n) is 11.8. The highest BCUT2D eigenvalue weighted by atomic mass is 16.5. The molecule has 0 fully saturated rings. The van der Waals surface area contributed by atoms with Gasteiger partial charge in [-0.05, 0) is 30.5 Å². The second-order valence-electron chi connectivity index (χ2n) is 4.12. The Bertz CT molecular complexity index is 408. The first-order valence-corrected chi connectivity index (χ1v) is 6.43. The van der Waals surface area contributed by atoms with E-state index in [1.54, 1.807) is 14.2 Å². The summed E-state index contributed by atoms with van der Waals surface area (Å²) in [5.41, 5.74) is 1.09. The van der Waals surface area contributed by atoms with Gasteiger partial charge in [-0.3, -0.25) is 0 Å². The van der Waals surface area contributed by atoms with Gasteiger partial charge in [0.2, 0.25) is 0 Å². The van der Waals surface area contributed by atoms with Crippen molar-refractivity contribution in [2.45, 2.75) is 19.8 Å². The Morgan fingerprint density at radius 2 is 1.79 bits per heavy atom. The average molecular weight is 266 g/mol. The van der Waals surface area contributed by atoms with Gasteiger partial charge in [-0.25, -0.2) is 4.79 Å². The number of benzene rings is 1. The monoisotopic (exact) mass is 266 g/mol. The van der Waals surface area contributed by atoms with E-state index < -0.39 is 0 Å². The van der Waals surface area contributed by atoms with Gasteiger partial charge in [0.15, 0.2) is 11.5 Å². The van der Waals surface area contributed by atoms with E-state index >= 15 is 0 Å². The number of nitrogens with one attached hydrogen (secondary N) is 2. The van der Waals surface area contributed by atoms with E-state index in [9.17, 15) is 4.79 Å². The van der Waals surface area contributed by atoms with Crippen LogP contribution in [0.1, 0.15) is 18.9 Å². The molecular formula is C14H22N2O3. The number of urea groups is 1. The molecule has 19 heavy (non-hydrogen) atoms. The molecule has 5 nitrogen and oxygen atoms in total. The molecule has 1 aromatic rings. The third-order valence-electron chi connectivity index (χ3n) is 2.68. The predicted octanol–water partition coefficient (Wildman–Crippen LogP) is 1.96. The molecule has 0 aliphatic carbocycles. The van der Waals surface area contributed by atoms with Crippen molar-refractivity contribution in [2.75, 3.05) is 27.3 Å². The molecule has 0 spiro atoms. The fourth-order valence-corrected chi connectivity index (χ4v) is 1.66. The van der Waals surface area contributed by atoms with Gasteiger partial charge in [-0.15, -0.1) is 0 Å². The quantitative estimate of drug-likeness (QED) is 0.793. The Hall–Kier alpha value is -1.91. The average Bonchev–Trinajstić information content (AvgIpc) is 2.44. The fourth-order valence-electron chi connectivity index (χ4n) is 1.66. The molecule has 0 aromatic heterocycles. The van der Waals surface area contributed by atoms with Gasteiger partial charge in [0.05, 0.1) is 14.2 Å². The molecule has 0 bridgehead atoms. The number of amides is 2. The maximum Gasteiger partial charge on any atom is 0.314 e. The molecular weight excluding hydrogens is 244 g/mol. The van der Waals surface area contributed by atoms with Crippen LogP contribution in [0.5, 0.6) is 11.5 Å². The van der Waals surface area contributed by atoms with Crippen LogP contribution in [0.15, 0.2) is 18.2 Å². The summed E-state index contributed by atoms with van der Waals surface area (Å²) in [6.07, 6.45) is 1.68. The maximum atomic E-state index is 11.3. The van der Waals surface area contributed by atoms with Crippen LogP contribution in [-0.2, 0) is 6.42 Å². The summed E-state index contributed by atoms with van der Waals surface area (Å²) >= 11 is 0. The van der Waals surface area contributed by atoms with Gasteiger partial charge in [-0.2, -0.15) is 0 Å². The minimum atomic E-state index is -0.123. The molecule has 0 saturated carbocycles. The maximum absolute atomic E-state index is 11.3. The molecule has 0 aliphatic heterocycles. The van der Waals surface area contributed by atoms with E-state index in [1.807, 2.05) is 25.1 Å². The minimum absolute atomic E-state index is 0.123. The second kappa shape index (κ2) is 8.24. The minimum Gasteiger partial charge on any atom is -0.493 e. The van der Waals surface area contributed by atoms with Crippen LogP contribution in [0.3, 0.4) is 0 Å². The smallest absolute Gasteiger partial charge is 0.314 e. The predicted molar refractivity (Wildman–Crippen MR) is 74.9 cm³/mol. The topological polar surface area (TPSA) is 59.6 Å². The molecule has 1 aromatic carbocycles. The summed E-state index contributed by atoms with van der Waals surface area (Å²) < 4.78 is 10.4. The van der Waals surface area contributed by atoms with Crippen LogP contribution in [0.25, 0.3) is 0 Å². The molecule has 0 heterocycles. The van der Waals surface area contributed by atoms with Crippen LogP contribution in [0.2, 0.25) is 0 Å². The lowest BCUT2D eigenvalue weighted by Gasteiger charge is -2.10. The number of carbonyl (C=O) groups is 1. The number of carbonyl (C=O) groups excluding carboxylic acids is 1. The van der Waals surface area contributed by atoms with Crippen LogP contribution < -0.4 is 20.1 Å². The highest BCUT2D eigenvalue weighted by Gasteiger charge is 2.05. The molecule has 106 valence electrons. The lowest BCUT2D eigenvalue weighted by atomic mass is 10.1. The Kier molecular flexibility index (Phi) is 6.57. The normalized spacial score (nSPS) is 9.84. The zero-order chi connectivity index (χ0) is 14.1. The molecule has 0 saturated heterocycles.